The van der Waals surface area contributed by atoms with Crippen LogP contribution in [0.2, 0.25) is 5.02 Å². The number of urea groups is 1. The number of thiophene rings is 1. The number of piperidine rings is 2. The Balaban J connectivity index is 0.729. The molecule has 4 fully saturated rings. The summed E-state index contributed by atoms with van der Waals surface area (Å²) in [5.74, 6) is -2.37. The Morgan fingerprint density at radius 1 is 0.944 bits per heavy atom. The van der Waals surface area contributed by atoms with Crippen molar-refractivity contribution in [3.63, 3.8) is 0 Å². The van der Waals surface area contributed by atoms with Gasteiger partial charge in [-0.15, -0.1) is 11.3 Å². The van der Waals surface area contributed by atoms with Gasteiger partial charge in [-0.05, 0) is 106 Å². The van der Waals surface area contributed by atoms with Crippen molar-refractivity contribution < 1.29 is 42.5 Å². The number of likely N-dealkylation sites (tertiary alicyclic amines) is 2. The van der Waals surface area contributed by atoms with Crippen molar-refractivity contribution >= 4 is 62.5 Å². The molecule has 2 atom stereocenters. The zero-order valence-corrected chi connectivity index (χ0v) is 42.0. The Hall–Kier alpha value is -5.65. The van der Waals surface area contributed by atoms with E-state index in [1.807, 2.05) is 42.6 Å². The lowest BCUT2D eigenvalue weighted by Gasteiger charge is -2.40. The first-order valence-corrected chi connectivity index (χ1v) is 26.6. The first-order chi connectivity index (χ1) is 34.8. The molecule has 5 aromatic rings. The molecule has 1 aliphatic carbocycles. The van der Waals surface area contributed by atoms with E-state index >= 15 is 8.78 Å². The molecule has 380 valence electrons. The SMILES string of the molecule is C[C@H]1c2c(cc(F)c(Cl)c2-c2c(C(N)=O)ccc(OCCO)c2F)O[C@]1(CNC1CCC(C(=O)N2CCC(CN3CCC(c4ccc5c(N6CCC(=O)NC6=O)csc5c4)CC3)CC2)CC1)c1ccccc1. The third-order valence-corrected chi connectivity index (χ3v) is 17.3. The van der Waals surface area contributed by atoms with Crippen molar-refractivity contribution in [2.45, 2.75) is 88.2 Å². The molecule has 72 heavy (non-hydrogen) atoms. The smallest absolute Gasteiger partial charge is 0.328 e. The number of anilines is 1. The number of carbonyl (C=O) groups excluding carboxylic acids is 4. The number of carbonyl (C=O) groups is 4. The molecule has 0 radical (unpaired) electrons. The van der Waals surface area contributed by atoms with Gasteiger partial charge in [0, 0.05) is 95.2 Å². The topological polar surface area (TPSA) is 167 Å². The van der Waals surface area contributed by atoms with Crippen molar-refractivity contribution in [1.29, 1.82) is 0 Å². The highest BCUT2D eigenvalue weighted by Crippen LogP contribution is 2.56. The molecule has 17 heteroatoms. The summed E-state index contributed by atoms with van der Waals surface area (Å²) in [4.78, 5) is 57.3. The fourth-order valence-corrected chi connectivity index (χ4v) is 13.3. The van der Waals surface area contributed by atoms with E-state index in [-0.39, 0.29) is 76.2 Å². The minimum absolute atomic E-state index is 0.0401. The molecular formula is C55H61ClF2N6O7S. The number of halogens is 3. The number of ether oxygens (including phenoxy) is 2. The number of nitrogens with two attached hydrogens (primary N) is 1. The van der Waals surface area contributed by atoms with Crippen LogP contribution in [0.15, 0.2) is 72.1 Å². The molecule has 4 aliphatic heterocycles. The van der Waals surface area contributed by atoms with Crippen LogP contribution in [0.3, 0.4) is 0 Å². The standard InChI is InChI=1S/C55H61ClF2N6O7S/c1-32-47-44(28-41(57)50(56)49(47)48-40(52(59)67)13-14-43(51(48)58)70-26-25-65)71-55(32,37-5-3-2-4-6-37)31-60-38-10-7-35(8-11-38)53(68)63-22-15-33(16-23-63)29-62-20-17-34(18-21-62)36-9-12-39-42(30-72-45(39)27-36)64-24-19-46(66)61-54(64)69/h2-6,9,12-14,27-28,30,32-35,38,60,65H,7-8,10-11,15-26,29,31H2,1H3,(H2,59,67)(H,61,66,69)/t32-,35?,38?,55-/m0/s1. The number of benzene rings is 4. The molecule has 4 aromatic carbocycles. The van der Waals surface area contributed by atoms with Crippen LogP contribution in [0.25, 0.3) is 21.2 Å². The van der Waals surface area contributed by atoms with Crippen molar-refractivity contribution in [1.82, 2.24) is 20.4 Å². The molecule has 13 nitrogen and oxygen atoms in total. The average molecular weight is 1020 g/mol. The van der Waals surface area contributed by atoms with Crippen molar-refractivity contribution in [3.05, 3.63) is 111 Å². The summed E-state index contributed by atoms with van der Waals surface area (Å²) >= 11 is 8.37. The van der Waals surface area contributed by atoms with Crippen molar-refractivity contribution in [3.8, 4) is 22.6 Å². The Labute approximate surface area is 426 Å². The second-order valence-electron chi connectivity index (χ2n) is 20.2. The molecule has 1 aromatic heterocycles. The van der Waals surface area contributed by atoms with Gasteiger partial charge in [-0.1, -0.05) is 61.0 Å². The fraction of sp³-hybridized carbons (Fsp3) is 0.455. The molecule has 10 rings (SSSR count). The largest absolute Gasteiger partial charge is 0.488 e. The molecule has 0 unspecified atom stereocenters. The predicted molar refractivity (Wildman–Crippen MR) is 274 cm³/mol. The number of fused-ring (bicyclic) bond motifs is 2. The maximum absolute atomic E-state index is 16.5. The zero-order valence-electron chi connectivity index (χ0n) is 40.4. The van der Waals surface area contributed by atoms with Gasteiger partial charge in [-0.3, -0.25) is 24.6 Å². The van der Waals surface area contributed by atoms with E-state index in [2.05, 4.69) is 38.6 Å². The number of hydrogen-bond donors (Lipinski definition) is 4. The summed E-state index contributed by atoms with van der Waals surface area (Å²) in [6, 6.07) is 19.7. The van der Waals surface area contributed by atoms with E-state index < -0.39 is 29.1 Å². The minimum atomic E-state index is -1.10. The molecule has 0 spiro atoms. The third-order valence-electron chi connectivity index (χ3n) is 16.0. The van der Waals surface area contributed by atoms with Crippen LogP contribution in [0.1, 0.15) is 104 Å². The summed E-state index contributed by atoms with van der Waals surface area (Å²) in [5, 5.41) is 18.2. The van der Waals surface area contributed by atoms with Gasteiger partial charge in [0.25, 0.3) is 0 Å². The highest BCUT2D eigenvalue weighted by molar-refractivity contribution is 7.17. The Morgan fingerprint density at radius 2 is 1.69 bits per heavy atom. The van der Waals surface area contributed by atoms with Gasteiger partial charge in [0.2, 0.25) is 17.7 Å². The molecule has 0 bridgehead atoms. The first kappa shape index (κ1) is 49.9. The van der Waals surface area contributed by atoms with E-state index in [0.717, 1.165) is 105 Å². The van der Waals surface area contributed by atoms with E-state index in [9.17, 15) is 24.3 Å². The average Bonchev–Trinajstić information content (AvgIpc) is 3.94. The summed E-state index contributed by atoms with van der Waals surface area (Å²) in [7, 11) is 0. The summed E-state index contributed by atoms with van der Waals surface area (Å²) in [6.07, 6.45) is 7.59. The predicted octanol–water partition coefficient (Wildman–Crippen LogP) is 9.07. The number of rotatable bonds is 14. The van der Waals surface area contributed by atoms with Crippen LogP contribution in [-0.2, 0) is 15.2 Å². The number of amides is 5. The van der Waals surface area contributed by atoms with Crippen LogP contribution in [0.5, 0.6) is 11.5 Å². The van der Waals surface area contributed by atoms with E-state index in [1.54, 1.807) is 16.2 Å². The molecule has 5 N–H and O–H groups in total. The van der Waals surface area contributed by atoms with Crippen molar-refractivity contribution in [2.24, 2.45) is 17.6 Å². The van der Waals surface area contributed by atoms with Crippen LogP contribution < -0.4 is 30.7 Å². The molecular weight excluding hydrogens is 962 g/mol. The summed E-state index contributed by atoms with van der Waals surface area (Å²) < 4.78 is 45.8. The highest BCUT2D eigenvalue weighted by Gasteiger charge is 2.50. The number of hydrogen-bond acceptors (Lipinski definition) is 10. The lowest BCUT2D eigenvalue weighted by atomic mass is 9.77. The molecule has 5 heterocycles. The highest BCUT2D eigenvalue weighted by atomic mass is 35.5. The van der Waals surface area contributed by atoms with Gasteiger partial charge >= 0.3 is 6.03 Å². The van der Waals surface area contributed by atoms with Crippen LogP contribution in [0.4, 0.5) is 19.3 Å². The van der Waals surface area contributed by atoms with E-state index in [4.69, 9.17) is 26.8 Å². The van der Waals surface area contributed by atoms with Crippen LogP contribution >= 0.6 is 22.9 Å². The number of imide groups is 1. The second kappa shape index (κ2) is 21.1. The van der Waals surface area contributed by atoms with Crippen LogP contribution in [-0.4, -0.2) is 104 Å². The summed E-state index contributed by atoms with van der Waals surface area (Å²) in [6.45, 7) is 6.74. The summed E-state index contributed by atoms with van der Waals surface area (Å²) in [5.41, 5.74) is 7.55. The first-order valence-electron chi connectivity index (χ1n) is 25.3. The maximum atomic E-state index is 16.5. The lowest BCUT2D eigenvalue weighted by Crippen LogP contribution is -2.49. The number of aliphatic hydroxyl groups excluding tert-OH is 1. The van der Waals surface area contributed by atoms with E-state index in [1.165, 1.54) is 23.8 Å². The van der Waals surface area contributed by atoms with Gasteiger partial charge in [-0.25, -0.2) is 13.6 Å². The fourth-order valence-electron chi connectivity index (χ4n) is 12.0. The Morgan fingerprint density at radius 3 is 2.40 bits per heavy atom. The second-order valence-corrected chi connectivity index (χ2v) is 21.5. The number of primary amides is 1. The molecule has 1 saturated carbocycles. The normalized spacial score (nSPS) is 23.3. The zero-order chi connectivity index (χ0) is 50.3. The third kappa shape index (κ3) is 9.68. The van der Waals surface area contributed by atoms with Crippen molar-refractivity contribution in [2.75, 3.05) is 63.9 Å². The van der Waals surface area contributed by atoms with E-state index in [0.29, 0.717) is 36.9 Å². The minimum Gasteiger partial charge on any atom is -0.488 e. The maximum Gasteiger partial charge on any atom is 0.328 e. The van der Waals surface area contributed by atoms with Gasteiger partial charge in [0.05, 0.1) is 22.9 Å². The van der Waals surface area contributed by atoms with Gasteiger partial charge in [0.15, 0.2) is 17.2 Å². The van der Waals surface area contributed by atoms with Gasteiger partial charge in [-0.2, -0.15) is 0 Å². The Kier molecular flexibility index (Phi) is 14.6. The van der Waals surface area contributed by atoms with Crippen LogP contribution in [0, 0.1) is 23.5 Å². The number of aliphatic hydroxyl groups is 1. The quantitative estimate of drug-likeness (QED) is 0.0849. The monoisotopic (exact) mass is 1020 g/mol. The Bertz CT molecular complexity index is 2860. The molecule has 3 saturated heterocycles. The van der Waals surface area contributed by atoms with Gasteiger partial charge < -0.3 is 35.4 Å². The van der Waals surface area contributed by atoms with Gasteiger partial charge in [0.1, 0.15) is 18.2 Å². The molecule has 5 amide bonds. The number of nitrogens with one attached hydrogen (secondary N) is 2. The number of nitrogens with zero attached hydrogens (tertiary/aromatic N) is 3. The molecule has 5 aliphatic rings. The lowest BCUT2D eigenvalue weighted by molar-refractivity contribution is -0.138.